The van der Waals surface area contributed by atoms with E-state index >= 15 is 0 Å². The molecule has 0 aromatic heterocycles. The number of nitrogens with zero attached hydrogens (tertiary/aromatic N) is 1. The minimum atomic E-state index is 0.500. The number of rotatable bonds is 7. The lowest BCUT2D eigenvalue weighted by Gasteiger charge is -2.36. The number of piperazine rings is 1. The van der Waals surface area contributed by atoms with Crippen LogP contribution in [0.5, 0.6) is 5.75 Å². The summed E-state index contributed by atoms with van der Waals surface area (Å²) < 4.78 is 5.85. The van der Waals surface area contributed by atoms with Crippen molar-refractivity contribution in [3.63, 3.8) is 0 Å². The van der Waals surface area contributed by atoms with E-state index in [0.29, 0.717) is 6.04 Å². The Bertz CT molecular complexity index is 388. The average molecular weight is 276 g/mol. The lowest BCUT2D eigenvalue weighted by atomic mass is 9.98. The van der Waals surface area contributed by atoms with Gasteiger partial charge < -0.3 is 10.1 Å². The van der Waals surface area contributed by atoms with Crippen LogP contribution in [-0.4, -0.2) is 37.7 Å². The van der Waals surface area contributed by atoms with E-state index in [9.17, 15) is 0 Å². The molecule has 0 saturated carbocycles. The average Bonchev–Trinajstić information content (AvgIpc) is 2.50. The molecule has 112 valence electrons. The SMILES string of the molecule is CCCCC(c1ccccc1OCC)N1CCNCC1. The Kier molecular flexibility index (Phi) is 6.34. The fourth-order valence-electron chi connectivity index (χ4n) is 2.97. The third-order valence-electron chi connectivity index (χ3n) is 4.00. The predicted octanol–water partition coefficient (Wildman–Crippen LogP) is 3.22. The van der Waals surface area contributed by atoms with Crippen LogP contribution in [0.3, 0.4) is 0 Å². The first kappa shape index (κ1) is 15.3. The largest absolute Gasteiger partial charge is 0.494 e. The van der Waals surface area contributed by atoms with E-state index in [1.165, 1.54) is 24.8 Å². The van der Waals surface area contributed by atoms with E-state index in [1.807, 2.05) is 0 Å². The molecule has 1 saturated heterocycles. The van der Waals surface area contributed by atoms with E-state index in [0.717, 1.165) is 38.5 Å². The van der Waals surface area contributed by atoms with Crippen LogP contribution in [0.15, 0.2) is 24.3 Å². The summed E-state index contributed by atoms with van der Waals surface area (Å²) in [7, 11) is 0. The first-order chi connectivity index (χ1) is 9.86. The zero-order valence-electron chi connectivity index (χ0n) is 12.9. The van der Waals surface area contributed by atoms with Crippen molar-refractivity contribution in [1.29, 1.82) is 0 Å². The van der Waals surface area contributed by atoms with Gasteiger partial charge in [-0.25, -0.2) is 0 Å². The molecule has 1 aromatic carbocycles. The van der Waals surface area contributed by atoms with Crippen LogP contribution in [0.4, 0.5) is 0 Å². The molecule has 1 aliphatic rings. The number of hydrogen-bond donors (Lipinski definition) is 1. The highest BCUT2D eigenvalue weighted by molar-refractivity contribution is 5.36. The molecule has 0 spiro atoms. The summed E-state index contributed by atoms with van der Waals surface area (Å²) in [5, 5.41) is 3.44. The lowest BCUT2D eigenvalue weighted by Crippen LogP contribution is -2.45. The minimum Gasteiger partial charge on any atom is -0.494 e. The van der Waals surface area contributed by atoms with Crippen molar-refractivity contribution in [2.75, 3.05) is 32.8 Å². The van der Waals surface area contributed by atoms with Gasteiger partial charge in [0.1, 0.15) is 5.75 Å². The van der Waals surface area contributed by atoms with Gasteiger partial charge in [-0.05, 0) is 19.4 Å². The molecule has 3 nitrogen and oxygen atoms in total. The summed E-state index contributed by atoms with van der Waals surface area (Å²) in [5.74, 6) is 1.06. The molecule has 1 aliphatic heterocycles. The molecule has 0 amide bonds. The minimum absolute atomic E-state index is 0.500. The van der Waals surface area contributed by atoms with Gasteiger partial charge in [0, 0.05) is 37.8 Å². The van der Waals surface area contributed by atoms with Crippen molar-refractivity contribution in [2.24, 2.45) is 0 Å². The molecule has 1 aromatic rings. The van der Waals surface area contributed by atoms with Crippen LogP contribution in [0, 0.1) is 0 Å². The zero-order valence-corrected chi connectivity index (χ0v) is 12.9. The third-order valence-corrected chi connectivity index (χ3v) is 4.00. The maximum Gasteiger partial charge on any atom is 0.124 e. The van der Waals surface area contributed by atoms with Gasteiger partial charge in [-0.2, -0.15) is 0 Å². The molecule has 1 fully saturated rings. The Morgan fingerprint density at radius 2 is 1.95 bits per heavy atom. The van der Waals surface area contributed by atoms with E-state index in [-0.39, 0.29) is 0 Å². The van der Waals surface area contributed by atoms with Crippen molar-refractivity contribution in [1.82, 2.24) is 10.2 Å². The molecular weight excluding hydrogens is 248 g/mol. The Labute approximate surface area is 123 Å². The van der Waals surface area contributed by atoms with E-state index in [2.05, 4.69) is 48.3 Å². The number of nitrogens with one attached hydrogen (secondary N) is 1. The quantitative estimate of drug-likeness (QED) is 0.827. The second-order valence-electron chi connectivity index (χ2n) is 5.41. The molecule has 1 N–H and O–H groups in total. The Balaban J connectivity index is 2.20. The molecule has 0 aliphatic carbocycles. The molecule has 20 heavy (non-hydrogen) atoms. The van der Waals surface area contributed by atoms with Crippen molar-refractivity contribution in [3.8, 4) is 5.75 Å². The molecule has 1 atom stereocenters. The molecule has 0 radical (unpaired) electrons. The second-order valence-corrected chi connectivity index (χ2v) is 5.41. The summed E-state index contributed by atoms with van der Waals surface area (Å²) in [6.45, 7) is 9.52. The summed E-state index contributed by atoms with van der Waals surface area (Å²) in [4.78, 5) is 2.62. The summed E-state index contributed by atoms with van der Waals surface area (Å²) in [6.07, 6.45) is 3.75. The number of benzene rings is 1. The van der Waals surface area contributed by atoms with Gasteiger partial charge in [0.2, 0.25) is 0 Å². The van der Waals surface area contributed by atoms with Gasteiger partial charge in [0.15, 0.2) is 0 Å². The van der Waals surface area contributed by atoms with Gasteiger partial charge in [0.05, 0.1) is 6.61 Å². The van der Waals surface area contributed by atoms with Crippen LogP contribution in [0.1, 0.15) is 44.7 Å². The Morgan fingerprint density at radius 3 is 2.65 bits per heavy atom. The summed E-state index contributed by atoms with van der Waals surface area (Å²) in [5.41, 5.74) is 1.37. The van der Waals surface area contributed by atoms with Gasteiger partial charge in [-0.1, -0.05) is 38.0 Å². The normalized spacial score (nSPS) is 17.9. The smallest absolute Gasteiger partial charge is 0.124 e. The number of hydrogen-bond acceptors (Lipinski definition) is 3. The highest BCUT2D eigenvalue weighted by Gasteiger charge is 2.24. The molecule has 3 heteroatoms. The zero-order chi connectivity index (χ0) is 14.2. The number of unbranched alkanes of at least 4 members (excludes halogenated alkanes) is 1. The fourth-order valence-corrected chi connectivity index (χ4v) is 2.97. The van der Waals surface area contributed by atoms with Crippen LogP contribution >= 0.6 is 0 Å². The van der Waals surface area contributed by atoms with Gasteiger partial charge in [0.25, 0.3) is 0 Å². The Morgan fingerprint density at radius 1 is 1.20 bits per heavy atom. The highest BCUT2D eigenvalue weighted by atomic mass is 16.5. The summed E-state index contributed by atoms with van der Waals surface area (Å²) >= 11 is 0. The van der Waals surface area contributed by atoms with Crippen molar-refractivity contribution in [2.45, 2.75) is 39.2 Å². The van der Waals surface area contributed by atoms with Crippen LogP contribution in [0.2, 0.25) is 0 Å². The maximum absolute atomic E-state index is 5.85. The lowest BCUT2D eigenvalue weighted by molar-refractivity contribution is 0.159. The third kappa shape index (κ3) is 3.97. The van der Waals surface area contributed by atoms with Crippen LogP contribution < -0.4 is 10.1 Å². The number of para-hydroxylation sites is 1. The fraction of sp³-hybridized carbons (Fsp3) is 0.647. The molecule has 1 heterocycles. The summed E-state index contributed by atoms with van der Waals surface area (Å²) in [6, 6.07) is 9.06. The first-order valence-corrected chi connectivity index (χ1v) is 8.03. The van der Waals surface area contributed by atoms with Gasteiger partial charge in [-0.3, -0.25) is 4.90 Å². The van der Waals surface area contributed by atoms with Crippen LogP contribution in [0.25, 0.3) is 0 Å². The molecule has 1 unspecified atom stereocenters. The van der Waals surface area contributed by atoms with E-state index < -0.39 is 0 Å². The molecule has 2 rings (SSSR count). The Hall–Kier alpha value is -1.06. The van der Waals surface area contributed by atoms with Gasteiger partial charge >= 0.3 is 0 Å². The monoisotopic (exact) mass is 276 g/mol. The molecule has 0 bridgehead atoms. The van der Waals surface area contributed by atoms with Crippen molar-refractivity contribution < 1.29 is 4.74 Å². The van der Waals surface area contributed by atoms with E-state index in [1.54, 1.807) is 0 Å². The standard InChI is InChI=1S/C17H28N2O/c1-3-5-9-16(19-13-11-18-12-14-19)15-8-6-7-10-17(15)20-4-2/h6-8,10,16,18H,3-5,9,11-14H2,1-2H3. The highest BCUT2D eigenvalue weighted by Crippen LogP contribution is 2.33. The second kappa shape index (κ2) is 8.28. The number of ether oxygens (including phenoxy) is 1. The maximum atomic E-state index is 5.85. The predicted molar refractivity (Wildman–Crippen MR) is 84.3 cm³/mol. The topological polar surface area (TPSA) is 24.5 Å². The van der Waals surface area contributed by atoms with Crippen LogP contribution in [-0.2, 0) is 0 Å². The first-order valence-electron chi connectivity index (χ1n) is 8.03. The van der Waals surface area contributed by atoms with Crippen molar-refractivity contribution in [3.05, 3.63) is 29.8 Å². The molecular formula is C17H28N2O. The van der Waals surface area contributed by atoms with Crippen molar-refractivity contribution >= 4 is 0 Å². The van der Waals surface area contributed by atoms with Gasteiger partial charge in [-0.15, -0.1) is 0 Å². The van der Waals surface area contributed by atoms with E-state index in [4.69, 9.17) is 4.74 Å².